The number of hydrogen-bond acceptors (Lipinski definition) is 4. The Morgan fingerprint density at radius 3 is 2.48 bits per heavy atom. The van der Waals surface area contributed by atoms with Crippen molar-refractivity contribution in [2.45, 2.75) is 6.18 Å². The molecule has 0 saturated heterocycles. The van der Waals surface area contributed by atoms with E-state index < -0.39 is 11.7 Å². The minimum Gasteiger partial charge on any atom is -0.479 e. The van der Waals surface area contributed by atoms with Gasteiger partial charge in [-0.1, -0.05) is 17.7 Å². The van der Waals surface area contributed by atoms with E-state index >= 15 is 0 Å². The third-order valence-corrected chi connectivity index (χ3v) is 3.15. The molecule has 0 aliphatic heterocycles. The molecule has 23 heavy (non-hydrogen) atoms. The van der Waals surface area contributed by atoms with Crippen LogP contribution in [0.5, 0.6) is 11.5 Å². The fraction of sp³-hybridized carbons (Fsp3) is 0.133. The summed E-state index contributed by atoms with van der Waals surface area (Å²) in [7, 11) is 1.33. The molecule has 0 aliphatic rings. The van der Waals surface area contributed by atoms with Crippen LogP contribution in [0.3, 0.4) is 0 Å². The second-order valence-electron chi connectivity index (χ2n) is 4.38. The molecule has 8 heteroatoms. The Morgan fingerprint density at radius 2 is 1.91 bits per heavy atom. The summed E-state index contributed by atoms with van der Waals surface area (Å²) >= 11 is 5.83. The molecule has 0 unspecified atom stereocenters. The van der Waals surface area contributed by atoms with Crippen molar-refractivity contribution < 1.29 is 27.9 Å². The third-order valence-electron chi connectivity index (χ3n) is 2.85. The molecule has 0 saturated carbocycles. The fourth-order valence-electron chi connectivity index (χ4n) is 1.80. The van der Waals surface area contributed by atoms with Gasteiger partial charge in [-0.15, -0.1) is 0 Å². The van der Waals surface area contributed by atoms with Crippen molar-refractivity contribution in [1.82, 2.24) is 0 Å². The maximum atomic E-state index is 12.6. The number of alkyl halides is 3. The molecule has 2 aromatic rings. The van der Waals surface area contributed by atoms with Crippen LogP contribution in [0.2, 0.25) is 5.02 Å². The molecule has 0 spiro atoms. The summed E-state index contributed by atoms with van der Waals surface area (Å²) in [6.07, 6.45) is -4.48. The van der Waals surface area contributed by atoms with Gasteiger partial charge < -0.3 is 14.7 Å². The van der Waals surface area contributed by atoms with Gasteiger partial charge in [0.25, 0.3) is 5.90 Å². The van der Waals surface area contributed by atoms with Gasteiger partial charge in [0, 0.05) is 5.56 Å². The second kappa shape index (κ2) is 6.78. The van der Waals surface area contributed by atoms with Crippen LogP contribution in [0.1, 0.15) is 11.1 Å². The summed E-state index contributed by atoms with van der Waals surface area (Å²) in [4.78, 5) is 0. The van der Waals surface area contributed by atoms with Crippen molar-refractivity contribution in [3.63, 3.8) is 0 Å². The van der Waals surface area contributed by atoms with Crippen LogP contribution in [0, 0.1) is 0 Å². The van der Waals surface area contributed by atoms with Crippen LogP contribution in [0.25, 0.3) is 0 Å². The number of benzene rings is 2. The molecular formula is C15H11ClF3NO3. The topological polar surface area (TPSA) is 51.0 Å². The molecule has 0 heterocycles. The van der Waals surface area contributed by atoms with Gasteiger partial charge in [0.05, 0.1) is 17.7 Å². The van der Waals surface area contributed by atoms with Crippen LogP contribution < -0.4 is 4.74 Å². The summed E-state index contributed by atoms with van der Waals surface area (Å²) in [5.74, 6) is 0.327. The number of oxime groups is 1. The Labute approximate surface area is 134 Å². The summed E-state index contributed by atoms with van der Waals surface area (Å²) in [6, 6.07) is 9.08. The zero-order chi connectivity index (χ0) is 17.0. The van der Waals surface area contributed by atoms with Gasteiger partial charge in [-0.3, -0.25) is 0 Å². The zero-order valence-corrected chi connectivity index (χ0v) is 12.5. The molecular weight excluding hydrogens is 335 g/mol. The van der Waals surface area contributed by atoms with Crippen LogP contribution in [-0.4, -0.2) is 18.2 Å². The number of ether oxygens (including phenoxy) is 2. The summed E-state index contributed by atoms with van der Waals surface area (Å²) in [5.41, 5.74) is -0.437. The fourth-order valence-corrected chi connectivity index (χ4v) is 2.02. The molecule has 2 aromatic carbocycles. The molecule has 0 aliphatic carbocycles. The predicted octanol–water partition coefficient (Wildman–Crippen LogP) is 4.93. The smallest absolute Gasteiger partial charge is 0.416 e. The first-order valence-electron chi connectivity index (χ1n) is 6.26. The Balaban J connectivity index is 2.28. The SMILES string of the molecule is COC(=NO)c1cccc(Oc2ccc(C(F)(F)F)cc2Cl)c1. The standard InChI is InChI=1S/C15H11ClF3NO3/c1-22-14(20-21)9-3-2-4-11(7-9)23-13-6-5-10(8-12(13)16)15(17,18)19/h2-8,21H,1H3. The molecule has 0 aromatic heterocycles. The lowest BCUT2D eigenvalue weighted by Gasteiger charge is -2.12. The lowest BCUT2D eigenvalue weighted by Crippen LogP contribution is -2.05. The first-order chi connectivity index (χ1) is 10.8. The van der Waals surface area contributed by atoms with Gasteiger partial charge in [-0.05, 0) is 41.6 Å². The van der Waals surface area contributed by atoms with E-state index in [0.29, 0.717) is 11.3 Å². The molecule has 0 bridgehead atoms. The van der Waals surface area contributed by atoms with Gasteiger partial charge in [-0.25, -0.2) is 0 Å². The minimum absolute atomic E-state index is 0.0334. The molecule has 0 atom stereocenters. The lowest BCUT2D eigenvalue weighted by atomic mass is 10.2. The van der Waals surface area contributed by atoms with E-state index in [4.69, 9.17) is 26.3 Å². The maximum absolute atomic E-state index is 12.6. The third kappa shape index (κ3) is 4.07. The van der Waals surface area contributed by atoms with E-state index in [9.17, 15) is 13.2 Å². The number of rotatable bonds is 3. The van der Waals surface area contributed by atoms with E-state index in [-0.39, 0.29) is 16.7 Å². The highest BCUT2D eigenvalue weighted by Gasteiger charge is 2.31. The highest BCUT2D eigenvalue weighted by Crippen LogP contribution is 2.36. The van der Waals surface area contributed by atoms with Crippen LogP contribution >= 0.6 is 11.6 Å². The minimum atomic E-state index is -4.48. The van der Waals surface area contributed by atoms with E-state index in [1.165, 1.54) is 13.2 Å². The molecule has 2 rings (SSSR count). The van der Waals surface area contributed by atoms with E-state index in [1.807, 2.05) is 0 Å². The lowest BCUT2D eigenvalue weighted by molar-refractivity contribution is -0.137. The Bertz CT molecular complexity index is 732. The Kier molecular flexibility index (Phi) is 5.00. The van der Waals surface area contributed by atoms with Crippen molar-refractivity contribution in [3.8, 4) is 11.5 Å². The highest BCUT2D eigenvalue weighted by molar-refractivity contribution is 6.32. The molecule has 1 N–H and O–H groups in total. The van der Waals surface area contributed by atoms with E-state index in [0.717, 1.165) is 18.2 Å². The number of hydrogen-bond donors (Lipinski definition) is 1. The summed E-state index contributed by atoms with van der Waals surface area (Å²) in [5, 5.41) is 11.6. The van der Waals surface area contributed by atoms with Gasteiger partial charge in [0.2, 0.25) is 0 Å². The Morgan fingerprint density at radius 1 is 1.17 bits per heavy atom. The average Bonchev–Trinajstić information content (AvgIpc) is 2.50. The normalized spacial score (nSPS) is 12.1. The van der Waals surface area contributed by atoms with Crippen molar-refractivity contribution in [1.29, 1.82) is 0 Å². The summed E-state index contributed by atoms with van der Waals surface area (Å²) in [6.45, 7) is 0. The number of methoxy groups -OCH3 is 1. The second-order valence-corrected chi connectivity index (χ2v) is 4.79. The van der Waals surface area contributed by atoms with Gasteiger partial charge >= 0.3 is 6.18 Å². The van der Waals surface area contributed by atoms with Crippen molar-refractivity contribution in [2.24, 2.45) is 5.16 Å². The predicted molar refractivity (Wildman–Crippen MR) is 78.3 cm³/mol. The Hall–Kier alpha value is -2.41. The zero-order valence-electron chi connectivity index (χ0n) is 11.8. The van der Waals surface area contributed by atoms with Gasteiger partial charge in [-0.2, -0.15) is 13.2 Å². The highest BCUT2D eigenvalue weighted by atomic mass is 35.5. The molecule has 4 nitrogen and oxygen atoms in total. The first-order valence-corrected chi connectivity index (χ1v) is 6.64. The molecule has 0 radical (unpaired) electrons. The first kappa shape index (κ1) is 17.0. The van der Waals surface area contributed by atoms with Gasteiger partial charge in [0.15, 0.2) is 0 Å². The van der Waals surface area contributed by atoms with Crippen molar-refractivity contribution in [3.05, 3.63) is 58.6 Å². The molecule has 0 fully saturated rings. The summed E-state index contributed by atoms with van der Waals surface area (Å²) < 4.78 is 48.1. The van der Waals surface area contributed by atoms with Crippen LogP contribution in [0.15, 0.2) is 47.6 Å². The average molecular weight is 346 g/mol. The van der Waals surface area contributed by atoms with Gasteiger partial charge in [0.1, 0.15) is 11.5 Å². The molecule has 122 valence electrons. The number of nitrogens with zero attached hydrogens (tertiary/aromatic N) is 1. The molecule has 0 amide bonds. The largest absolute Gasteiger partial charge is 0.479 e. The van der Waals surface area contributed by atoms with Crippen molar-refractivity contribution in [2.75, 3.05) is 7.11 Å². The van der Waals surface area contributed by atoms with Crippen molar-refractivity contribution >= 4 is 17.5 Å². The van der Waals surface area contributed by atoms with E-state index in [1.54, 1.807) is 18.2 Å². The quantitative estimate of drug-likeness (QED) is 0.371. The monoisotopic (exact) mass is 345 g/mol. The van der Waals surface area contributed by atoms with E-state index in [2.05, 4.69) is 5.16 Å². The number of halogens is 4. The maximum Gasteiger partial charge on any atom is 0.416 e. The van der Waals surface area contributed by atoms with Crippen LogP contribution in [0.4, 0.5) is 13.2 Å². The van der Waals surface area contributed by atoms with Crippen LogP contribution in [-0.2, 0) is 10.9 Å².